The normalized spacial score (nSPS) is 10.5. The van der Waals surface area contributed by atoms with Gasteiger partial charge >= 0.3 is 11.8 Å². The van der Waals surface area contributed by atoms with Crippen molar-refractivity contribution in [2.24, 2.45) is 5.10 Å². The number of benzene rings is 3. The van der Waals surface area contributed by atoms with Crippen molar-refractivity contribution in [1.82, 2.24) is 10.7 Å². The minimum absolute atomic E-state index is 0.106. The van der Waals surface area contributed by atoms with Crippen molar-refractivity contribution in [3.63, 3.8) is 0 Å². The summed E-state index contributed by atoms with van der Waals surface area (Å²) in [7, 11) is 0. The molecule has 3 amide bonds. The summed E-state index contributed by atoms with van der Waals surface area (Å²) in [6.07, 6.45) is 1.32. The van der Waals surface area contributed by atoms with Crippen molar-refractivity contribution < 1.29 is 23.5 Å². The monoisotopic (exact) mass is 448 g/mol. The van der Waals surface area contributed by atoms with Crippen LogP contribution in [0.4, 0.5) is 10.1 Å². The average Bonchev–Trinajstić information content (AvgIpc) is 2.84. The summed E-state index contributed by atoms with van der Waals surface area (Å²) in [5.74, 6) is -2.52. The summed E-state index contributed by atoms with van der Waals surface area (Å²) in [6, 6.07) is 21.6. The maximum absolute atomic E-state index is 13.5. The number of nitrogens with zero attached hydrogens (tertiary/aromatic N) is 1. The van der Waals surface area contributed by atoms with E-state index in [0.717, 1.165) is 11.6 Å². The highest BCUT2D eigenvalue weighted by molar-refractivity contribution is 6.39. The smallest absolute Gasteiger partial charge is 0.329 e. The molecule has 0 unspecified atom stereocenters. The number of amides is 3. The van der Waals surface area contributed by atoms with E-state index in [1.807, 2.05) is 30.3 Å². The largest absolute Gasteiger partial charge is 0.484 e. The Labute approximate surface area is 189 Å². The summed E-state index contributed by atoms with van der Waals surface area (Å²) >= 11 is 0. The Kier molecular flexibility index (Phi) is 8.24. The fourth-order valence-corrected chi connectivity index (χ4v) is 2.60. The number of nitrogens with one attached hydrogen (secondary N) is 3. The number of carbonyl (C=O) groups is 3. The van der Waals surface area contributed by atoms with E-state index >= 15 is 0 Å². The lowest BCUT2D eigenvalue weighted by atomic mass is 10.2. The van der Waals surface area contributed by atoms with Gasteiger partial charge in [-0.3, -0.25) is 14.4 Å². The van der Waals surface area contributed by atoms with Crippen LogP contribution in [0.25, 0.3) is 0 Å². The molecule has 0 spiro atoms. The first-order valence-electron chi connectivity index (χ1n) is 9.93. The topological polar surface area (TPSA) is 109 Å². The molecule has 3 aromatic carbocycles. The first kappa shape index (κ1) is 23.1. The highest BCUT2D eigenvalue weighted by Crippen LogP contribution is 2.12. The van der Waals surface area contributed by atoms with Crippen LogP contribution in [0.15, 0.2) is 84.0 Å². The van der Waals surface area contributed by atoms with E-state index < -0.39 is 17.6 Å². The van der Waals surface area contributed by atoms with Gasteiger partial charge in [0.15, 0.2) is 6.61 Å². The third-order valence-corrected chi connectivity index (χ3v) is 4.29. The maximum Gasteiger partial charge on any atom is 0.329 e. The van der Waals surface area contributed by atoms with Gasteiger partial charge in [0.25, 0.3) is 5.91 Å². The summed E-state index contributed by atoms with van der Waals surface area (Å²) in [5, 5.41) is 8.63. The standard InChI is InChI=1S/C24H21FN4O4/c25-20-8-4-5-9-21(20)28-23(31)24(32)29-27-15-18-10-12-19(13-11-18)33-16-22(30)26-14-17-6-2-1-3-7-17/h1-13,15H,14,16H2,(H,26,30)(H,28,31)(H,29,32)/b27-15-. The van der Waals surface area contributed by atoms with Gasteiger partial charge in [-0.25, -0.2) is 9.82 Å². The summed E-state index contributed by atoms with van der Waals surface area (Å²) in [4.78, 5) is 35.5. The highest BCUT2D eigenvalue weighted by atomic mass is 19.1. The highest BCUT2D eigenvalue weighted by Gasteiger charge is 2.14. The van der Waals surface area contributed by atoms with Gasteiger partial charge in [0, 0.05) is 6.54 Å². The third kappa shape index (κ3) is 7.59. The molecule has 3 rings (SSSR count). The minimum atomic E-state index is -1.05. The van der Waals surface area contributed by atoms with Crippen LogP contribution in [0.3, 0.4) is 0 Å². The molecule has 0 saturated carbocycles. The second-order valence-electron chi connectivity index (χ2n) is 6.75. The van der Waals surface area contributed by atoms with Crippen LogP contribution >= 0.6 is 0 Å². The quantitative estimate of drug-likeness (QED) is 0.280. The summed E-state index contributed by atoms with van der Waals surface area (Å²) in [5.41, 5.74) is 3.57. The Morgan fingerprint density at radius 1 is 0.879 bits per heavy atom. The van der Waals surface area contributed by atoms with Crippen LogP contribution in [-0.4, -0.2) is 30.5 Å². The van der Waals surface area contributed by atoms with Gasteiger partial charge in [0.05, 0.1) is 11.9 Å². The van der Waals surface area contributed by atoms with Crippen molar-refractivity contribution in [1.29, 1.82) is 0 Å². The van der Waals surface area contributed by atoms with E-state index in [2.05, 4.69) is 21.2 Å². The van der Waals surface area contributed by atoms with Crippen LogP contribution in [-0.2, 0) is 20.9 Å². The Balaban J connectivity index is 1.40. The molecular weight excluding hydrogens is 427 g/mol. The molecule has 0 fully saturated rings. The lowest BCUT2D eigenvalue weighted by molar-refractivity contribution is -0.136. The van der Waals surface area contributed by atoms with Crippen LogP contribution < -0.4 is 20.8 Å². The molecule has 8 nitrogen and oxygen atoms in total. The van der Waals surface area contributed by atoms with E-state index in [-0.39, 0.29) is 18.2 Å². The van der Waals surface area contributed by atoms with Crippen LogP contribution in [0.1, 0.15) is 11.1 Å². The summed E-state index contributed by atoms with van der Waals surface area (Å²) in [6.45, 7) is 0.288. The predicted octanol–water partition coefficient (Wildman–Crippen LogP) is 2.61. The zero-order valence-corrected chi connectivity index (χ0v) is 17.5. The third-order valence-electron chi connectivity index (χ3n) is 4.29. The van der Waals surface area contributed by atoms with E-state index in [4.69, 9.17) is 4.74 Å². The second kappa shape index (κ2) is 11.8. The van der Waals surface area contributed by atoms with Gasteiger partial charge in [-0.2, -0.15) is 5.10 Å². The SMILES string of the molecule is O=C(COc1ccc(/C=N\NC(=O)C(=O)Nc2ccccc2F)cc1)NCc1ccccc1. The number of carbonyl (C=O) groups excluding carboxylic acids is 3. The maximum atomic E-state index is 13.5. The van der Waals surface area contributed by atoms with E-state index in [9.17, 15) is 18.8 Å². The first-order chi connectivity index (χ1) is 16.0. The van der Waals surface area contributed by atoms with Crippen molar-refractivity contribution in [3.8, 4) is 5.75 Å². The number of hydrogen-bond donors (Lipinski definition) is 3. The Morgan fingerprint density at radius 2 is 1.58 bits per heavy atom. The molecule has 168 valence electrons. The lowest BCUT2D eigenvalue weighted by Crippen LogP contribution is -2.32. The zero-order valence-electron chi connectivity index (χ0n) is 17.5. The molecule has 0 bridgehead atoms. The van der Waals surface area contributed by atoms with E-state index in [0.29, 0.717) is 17.9 Å². The lowest BCUT2D eigenvalue weighted by Gasteiger charge is -2.08. The predicted molar refractivity (Wildman–Crippen MR) is 121 cm³/mol. The van der Waals surface area contributed by atoms with Gasteiger partial charge < -0.3 is 15.4 Å². The van der Waals surface area contributed by atoms with Gasteiger partial charge in [-0.05, 0) is 47.5 Å². The van der Waals surface area contributed by atoms with Gasteiger partial charge in [0.1, 0.15) is 11.6 Å². The van der Waals surface area contributed by atoms with Gasteiger partial charge in [-0.15, -0.1) is 0 Å². The van der Waals surface area contributed by atoms with E-state index in [1.165, 1.54) is 24.4 Å². The fourth-order valence-electron chi connectivity index (χ4n) is 2.60. The number of hydrazone groups is 1. The van der Waals surface area contributed by atoms with Crippen LogP contribution in [0, 0.1) is 5.82 Å². The first-order valence-corrected chi connectivity index (χ1v) is 9.93. The Bertz CT molecular complexity index is 1130. The number of rotatable bonds is 8. The molecule has 0 aromatic heterocycles. The molecule has 0 heterocycles. The molecule has 3 N–H and O–H groups in total. The molecular formula is C24H21FN4O4. The van der Waals surface area contributed by atoms with Crippen molar-refractivity contribution in [3.05, 3.63) is 95.8 Å². The molecule has 0 radical (unpaired) electrons. The molecule has 0 aliphatic rings. The van der Waals surface area contributed by atoms with Gasteiger partial charge in [-0.1, -0.05) is 42.5 Å². The molecule has 0 aliphatic carbocycles. The van der Waals surface area contributed by atoms with Gasteiger partial charge in [0.2, 0.25) is 0 Å². The number of ether oxygens (including phenoxy) is 1. The average molecular weight is 448 g/mol. The van der Waals surface area contributed by atoms with Crippen LogP contribution in [0.5, 0.6) is 5.75 Å². The number of anilines is 1. The van der Waals surface area contributed by atoms with Crippen molar-refractivity contribution in [2.45, 2.75) is 6.54 Å². The summed E-state index contributed by atoms with van der Waals surface area (Å²) < 4.78 is 19.0. The number of para-hydroxylation sites is 1. The zero-order chi connectivity index (χ0) is 23.5. The minimum Gasteiger partial charge on any atom is -0.484 e. The van der Waals surface area contributed by atoms with Crippen LogP contribution in [0.2, 0.25) is 0 Å². The second-order valence-corrected chi connectivity index (χ2v) is 6.75. The van der Waals surface area contributed by atoms with Crippen molar-refractivity contribution >= 4 is 29.6 Å². The van der Waals surface area contributed by atoms with Crippen molar-refractivity contribution in [2.75, 3.05) is 11.9 Å². The molecule has 0 atom stereocenters. The molecule has 0 aliphatic heterocycles. The van der Waals surface area contributed by atoms with E-state index in [1.54, 1.807) is 24.3 Å². The Hall–Kier alpha value is -4.53. The molecule has 33 heavy (non-hydrogen) atoms. The number of halogens is 1. The molecule has 9 heteroatoms. The Morgan fingerprint density at radius 3 is 2.30 bits per heavy atom. The number of hydrogen-bond acceptors (Lipinski definition) is 5. The molecule has 0 saturated heterocycles. The fraction of sp³-hybridized carbons (Fsp3) is 0.0833. The molecule has 3 aromatic rings.